The van der Waals surface area contributed by atoms with Crippen LogP contribution in [0.15, 0.2) is 21.9 Å². The summed E-state index contributed by atoms with van der Waals surface area (Å²) >= 11 is 0. The van der Waals surface area contributed by atoms with E-state index in [2.05, 4.69) is 4.98 Å². The van der Waals surface area contributed by atoms with Crippen LogP contribution in [0.5, 0.6) is 0 Å². The van der Waals surface area contributed by atoms with Crippen LogP contribution >= 0.6 is 0 Å². The molecule has 2 saturated heterocycles. The Kier molecular flexibility index (Phi) is 2.67. The molecule has 7 heteroatoms. The van der Waals surface area contributed by atoms with Gasteiger partial charge in [0, 0.05) is 12.3 Å². The van der Waals surface area contributed by atoms with Gasteiger partial charge in [-0.1, -0.05) is 0 Å². The summed E-state index contributed by atoms with van der Waals surface area (Å²) in [5, 5.41) is 0. The lowest BCUT2D eigenvalue weighted by Gasteiger charge is -2.23. The molecule has 2 fully saturated rings. The fourth-order valence-corrected chi connectivity index (χ4v) is 2.63. The molecule has 4 atom stereocenters. The molecule has 2 aliphatic heterocycles. The molecule has 1 aromatic heterocycles. The van der Waals surface area contributed by atoms with E-state index < -0.39 is 23.3 Å². The molecule has 0 bridgehead atoms. The fraction of sp³-hybridized carbons (Fsp3) is 0.667. The Morgan fingerprint density at radius 1 is 1.26 bits per heavy atom. The number of nitrogens with zero attached hydrogens (tertiary/aromatic N) is 1. The Balaban J connectivity index is 1.98. The third-order valence-corrected chi connectivity index (χ3v) is 3.39. The first-order chi connectivity index (χ1) is 8.87. The molecular formula is C12H16N2O5. The molecule has 0 spiro atoms. The van der Waals surface area contributed by atoms with Gasteiger partial charge in [-0.15, -0.1) is 0 Å². The van der Waals surface area contributed by atoms with Crippen LogP contribution in [0.1, 0.15) is 27.0 Å². The van der Waals surface area contributed by atoms with Crippen LogP contribution in [0.4, 0.5) is 0 Å². The average molecular weight is 268 g/mol. The summed E-state index contributed by atoms with van der Waals surface area (Å²) in [5.74, 6) is -0.697. The van der Waals surface area contributed by atoms with Gasteiger partial charge in [0.15, 0.2) is 12.0 Å². The molecule has 1 N–H and O–H groups in total. The van der Waals surface area contributed by atoms with Gasteiger partial charge >= 0.3 is 5.69 Å². The molecule has 19 heavy (non-hydrogen) atoms. The van der Waals surface area contributed by atoms with Gasteiger partial charge in [0.25, 0.3) is 5.56 Å². The number of rotatable bonds is 1. The lowest BCUT2D eigenvalue weighted by Crippen LogP contribution is -2.37. The summed E-state index contributed by atoms with van der Waals surface area (Å²) < 4.78 is 18.6. The van der Waals surface area contributed by atoms with Gasteiger partial charge in [-0.05, 0) is 20.8 Å². The Bertz CT molecular complexity index is 605. The molecule has 104 valence electrons. The zero-order chi connectivity index (χ0) is 13.8. The van der Waals surface area contributed by atoms with Crippen molar-refractivity contribution in [2.24, 2.45) is 0 Å². The van der Waals surface area contributed by atoms with Crippen LogP contribution in [-0.4, -0.2) is 33.7 Å². The SMILES string of the molecule is C[C@H]1O[C@@H](n2ccc(=O)[nH]c2=O)[C@@H]2OC(C)(C)O[C@@H]21. The third kappa shape index (κ3) is 2.03. The standard InChI is InChI=1S/C12H16N2O5/c1-6-8-9(19-12(2,3)18-8)10(17-6)14-5-4-7(15)13-11(14)16/h4-6,8-10H,1-3H3,(H,13,15,16)/t6-,8-,9-,10-/m1/s1. The minimum absolute atomic E-state index is 0.185. The Labute approximate surface area is 109 Å². The van der Waals surface area contributed by atoms with Crippen LogP contribution < -0.4 is 11.2 Å². The number of aromatic nitrogens is 2. The molecule has 0 unspecified atom stereocenters. The van der Waals surface area contributed by atoms with E-state index in [4.69, 9.17) is 14.2 Å². The van der Waals surface area contributed by atoms with Gasteiger partial charge < -0.3 is 14.2 Å². The van der Waals surface area contributed by atoms with Crippen LogP contribution in [0.2, 0.25) is 0 Å². The predicted octanol–water partition coefficient (Wildman–Crippen LogP) is -0.0260. The maximum Gasteiger partial charge on any atom is 0.330 e. The van der Waals surface area contributed by atoms with Crippen molar-refractivity contribution in [2.75, 3.05) is 0 Å². The van der Waals surface area contributed by atoms with Gasteiger partial charge in [0.2, 0.25) is 0 Å². The molecule has 0 saturated carbocycles. The highest BCUT2D eigenvalue weighted by Gasteiger charge is 2.54. The zero-order valence-electron chi connectivity index (χ0n) is 11.0. The molecule has 1 aromatic rings. The largest absolute Gasteiger partial charge is 0.349 e. The smallest absolute Gasteiger partial charge is 0.330 e. The summed E-state index contributed by atoms with van der Waals surface area (Å²) in [7, 11) is 0. The van der Waals surface area contributed by atoms with Crippen molar-refractivity contribution in [2.45, 2.75) is 51.1 Å². The van der Waals surface area contributed by atoms with Gasteiger partial charge in [0.05, 0.1) is 6.10 Å². The second-order valence-corrected chi connectivity index (χ2v) is 5.31. The second kappa shape index (κ2) is 4.03. The number of nitrogens with one attached hydrogen (secondary N) is 1. The first-order valence-electron chi connectivity index (χ1n) is 6.20. The Morgan fingerprint density at radius 3 is 2.63 bits per heavy atom. The topological polar surface area (TPSA) is 82.6 Å². The lowest BCUT2D eigenvalue weighted by atomic mass is 10.1. The van der Waals surface area contributed by atoms with Crippen LogP contribution in [0.3, 0.4) is 0 Å². The first kappa shape index (κ1) is 12.6. The van der Waals surface area contributed by atoms with E-state index in [0.717, 1.165) is 0 Å². The summed E-state index contributed by atoms with van der Waals surface area (Å²) in [6.45, 7) is 5.52. The van der Waals surface area contributed by atoms with E-state index in [0.29, 0.717) is 0 Å². The third-order valence-electron chi connectivity index (χ3n) is 3.39. The maximum absolute atomic E-state index is 11.8. The molecule has 2 aliphatic rings. The normalized spacial score (nSPS) is 36.4. The van der Waals surface area contributed by atoms with E-state index in [9.17, 15) is 9.59 Å². The van der Waals surface area contributed by atoms with Crippen molar-refractivity contribution in [3.8, 4) is 0 Å². The van der Waals surface area contributed by atoms with Crippen LogP contribution in [0, 0.1) is 0 Å². The highest BCUT2D eigenvalue weighted by molar-refractivity contribution is 4.97. The van der Waals surface area contributed by atoms with Crippen LogP contribution in [-0.2, 0) is 14.2 Å². The quantitative estimate of drug-likeness (QED) is 0.773. The van der Waals surface area contributed by atoms with Crippen molar-refractivity contribution in [1.82, 2.24) is 9.55 Å². The fourth-order valence-electron chi connectivity index (χ4n) is 2.63. The molecular weight excluding hydrogens is 252 g/mol. The Hall–Kier alpha value is -1.44. The number of hydrogen-bond acceptors (Lipinski definition) is 5. The number of fused-ring (bicyclic) bond motifs is 1. The monoisotopic (exact) mass is 268 g/mol. The highest BCUT2D eigenvalue weighted by atomic mass is 16.8. The summed E-state index contributed by atoms with van der Waals surface area (Å²) in [5.41, 5.74) is -0.952. The predicted molar refractivity (Wildman–Crippen MR) is 64.7 cm³/mol. The highest BCUT2D eigenvalue weighted by Crippen LogP contribution is 2.42. The second-order valence-electron chi connectivity index (χ2n) is 5.31. The molecule has 0 radical (unpaired) electrons. The molecule has 3 rings (SSSR count). The minimum Gasteiger partial charge on any atom is -0.349 e. The van der Waals surface area contributed by atoms with E-state index in [-0.39, 0.29) is 18.3 Å². The Morgan fingerprint density at radius 2 is 1.95 bits per heavy atom. The van der Waals surface area contributed by atoms with E-state index in [1.165, 1.54) is 16.8 Å². The minimum atomic E-state index is -0.697. The molecule has 0 aliphatic carbocycles. The van der Waals surface area contributed by atoms with Crippen molar-refractivity contribution < 1.29 is 14.2 Å². The molecule has 0 amide bonds. The summed E-state index contributed by atoms with van der Waals surface area (Å²) in [6, 6.07) is 1.28. The molecule has 0 aromatic carbocycles. The average Bonchev–Trinajstić information content (AvgIpc) is 2.75. The van der Waals surface area contributed by atoms with E-state index in [1.807, 2.05) is 20.8 Å². The number of hydrogen-bond donors (Lipinski definition) is 1. The van der Waals surface area contributed by atoms with Crippen molar-refractivity contribution >= 4 is 0 Å². The van der Waals surface area contributed by atoms with Gasteiger partial charge in [-0.3, -0.25) is 14.3 Å². The van der Waals surface area contributed by atoms with Crippen molar-refractivity contribution in [3.63, 3.8) is 0 Å². The zero-order valence-corrected chi connectivity index (χ0v) is 11.0. The molecule has 3 heterocycles. The number of ether oxygens (including phenoxy) is 3. The van der Waals surface area contributed by atoms with Gasteiger partial charge in [-0.2, -0.15) is 0 Å². The molecule has 7 nitrogen and oxygen atoms in total. The summed E-state index contributed by atoms with van der Waals surface area (Å²) in [6.07, 6.45) is 0.0458. The number of aromatic amines is 1. The van der Waals surface area contributed by atoms with Gasteiger partial charge in [-0.25, -0.2) is 4.79 Å². The van der Waals surface area contributed by atoms with Crippen molar-refractivity contribution in [3.05, 3.63) is 33.1 Å². The van der Waals surface area contributed by atoms with Crippen LogP contribution in [0.25, 0.3) is 0 Å². The van der Waals surface area contributed by atoms with E-state index >= 15 is 0 Å². The lowest BCUT2D eigenvalue weighted by molar-refractivity contribution is -0.195. The maximum atomic E-state index is 11.8. The van der Waals surface area contributed by atoms with E-state index in [1.54, 1.807) is 0 Å². The van der Waals surface area contributed by atoms with Gasteiger partial charge in [0.1, 0.15) is 12.2 Å². The summed E-state index contributed by atoms with van der Waals surface area (Å²) in [4.78, 5) is 25.1. The first-order valence-corrected chi connectivity index (χ1v) is 6.20. The number of H-pyrrole nitrogens is 1. The van der Waals surface area contributed by atoms with Crippen molar-refractivity contribution in [1.29, 1.82) is 0 Å².